The number of amides is 1. The zero-order valence-corrected chi connectivity index (χ0v) is 22.3. The number of anilines is 2. The molecule has 3 rings (SSSR count). The van der Waals surface area contributed by atoms with Crippen LogP contribution in [-0.4, -0.2) is 44.3 Å². The Labute approximate surface area is 227 Å². The molecule has 11 heteroatoms. The predicted molar refractivity (Wildman–Crippen MR) is 147 cm³/mol. The van der Waals surface area contributed by atoms with Gasteiger partial charge in [-0.1, -0.05) is 67.9 Å². The molecule has 2 atom stereocenters. The van der Waals surface area contributed by atoms with E-state index in [2.05, 4.69) is 4.72 Å². The molecule has 9 nitrogen and oxygen atoms in total. The molecule has 0 aromatic heterocycles. The number of carboxylic acid groups (broad SMARTS) is 1. The number of benzene rings is 3. The predicted octanol–water partition coefficient (Wildman–Crippen LogP) is 3.89. The van der Waals surface area contributed by atoms with Crippen molar-refractivity contribution in [3.05, 3.63) is 90.0 Å². The number of nitrogens with one attached hydrogen (secondary N) is 1. The summed E-state index contributed by atoms with van der Waals surface area (Å²) in [4.78, 5) is 26.2. The van der Waals surface area contributed by atoms with Gasteiger partial charge in [-0.2, -0.15) is 4.39 Å². The van der Waals surface area contributed by atoms with Crippen molar-refractivity contribution < 1.29 is 32.2 Å². The van der Waals surface area contributed by atoms with Gasteiger partial charge in [-0.15, -0.1) is 0 Å². The van der Waals surface area contributed by atoms with Crippen LogP contribution in [0.25, 0.3) is 0 Å². The highest BCUT2D eigenvalue weighted by Gasteiger charge is 2.30. The second kappa shape index (κ2) is 13.7. The minimum atomic E-state index is -3.95. The van der Waals surface area contributed by atoms with Gasteiger partial charge < -0.3 is 20.5 Å². The van der Waals surface area contributed by atoms with E-state index >= 15 is 0 Å². The number of unbranched alkanes of at least 4 members (excludes halogenated alkanes) is 1. The van der Waals surface area contributed by atoms with E-state index in [1.165, 1.54) is 18.2 Å². The van der Waals surface area contributed by atoms with Crippen molar-refractivity contribution in [3.8, 4) is 5.75 Å². The van der Waals surface area contributed by atoms with E-state index in [1.54, 1.807) is 59.5 Å². The van der Waals surface area contributed by atoms with Crippen molar-refractivity contribution in [2.75, 3.05) is 17.2 Å². The highest BCUT2D eigenvalue weighted by Crippen LogP contribution is 2.26. The number of sulfonamides is 1. The molecule has 0 bridgehead atoms. The maximum atomic E-state index is 13.9. The third-order valence-electron chi connectivity index (χ3n) is 5.83. The number of carboxylic acids is 1. The molecule has 0 spiro atoms. The Bertz CT molecular complexity index is 1360. The van der Waals surface area contributed by atoms with Gasteiger partial charge in [0.2, 0.25) is 15.9 Å². The van der Waals surface area contributed by atoms with Crippen LogP contribution < -0.4 is 20.1 Å². The lowest BCUT2D eigenvalue weighted by molar-refractivity contribution is -0.153. The van der Waals surface area contributed by atoms with Gasteiger partial charge in [0.15, 0.2) is 0 Å². The second-order valence-electron chi connectivity index (χ2n) is 8.94. The number of aliphatic carboxylic acids is 1. The molecule has 0 saturated carbocycles. The highest BCUT2D eigenvalue weighted by atomic mass is 32.2. The number of nitrogens with zero attached hydrogens (tertiary/aromatic N) is 1. The van der Waals surface area contributed by atoms with Crippen molar-refractivity contribution in [3.63, 3.8) is 0 Å². The number of hydrogen-bond acceptors (Lipinski definition) is 6. The molecular weight excluding hydrogens is 525 g/mol. The van der Waals surface area contributed by atoms with Gasteiger partial charge in [-0.05, 0) is 48.2 Å². The Morgan fingerprint density at radius 1 is 1.03 bits per heavy atom. The fourth-order valence-corrected chi connectivity index (χ4v) is 5.27. The number of nitrogens with two attached hydrogens (primary N) is 1. The van der Waals surface area contributed by atoms with Crippen LogP contribution in [0.15, 0.2) is 78.9 Å². The Hall–Kier alpha value is -3.96. The maximum Gasteiger partial charge on any atom is 0.378 e. The van der Waals surface area contributed by atoms with E-state index < -0.39 is 34.3 Å². The van der Waals surface area contributed by atoms with Crippen LogP contribution in [0, 0.1) is 0 Å². The van der Waals surface area contributed by atoms with Crippen molar-refractivity contribution in [2.24, 2.45) is 0 Å². The van der Waals surface area contributed by atoms with E-state index in [1.807, 2.05) is 13.0 Å². The lowest BCUT2D eigenvalue weighted by atomic mass is 10.0. The Kier molecular flexibility index (Phi) is 10.4. The summed E-state index contributed by atoms with van der Waals surface area (Å²) in [5, 5.41) is 8.74. The molecule has 0 aliphatic rings. The quantitative estimate of drug-likeness (QED) is 0.256. The first-order valence-corrected chi connectivity index (χ1v) is 14.1. The largest absolute Gasteiger partial charge is 0.476 e. The zero-order valence-electron chi connectivity index (χ0n) is 21.5. The van der Waals surface area contributed by atoms with E-state index in [0.717, 1.165) is 6.42 Å². The number of hydrogen-bond donors (Lipinski definition) is 3. The molecule has 0 aliphatic carbocycles. The van der Waals surface area contributed by atoms with E-state index in [0.29, 0.717) is 29.8 Å². The molecule has 3 aromatic rings. The molecule has 208 valence electrons. The molecule has 1 amide bonds. The normalized spacial score (nSPS) is 12.9. The van der Waals surface area contributed by atoms with Gasteiger partial charge in [0.25, 0.3) is 0 Å². The number of halogens is 1. The van der Waals surface area contributed by atoms with Crippen molar-refractivity contribution in [2.45, 2.75) is 44.3 Å². The molecule has 0 radical (unpaired) electrons. The molecule has 3 aromatic carbocycles. The van der Waals surface area contributed by atoms with Gasteiger partial charge >= 0.3 is 12.3 Å². The maximum absolute atomic E-state index is 13.9. The molecule has 2 unspecified atom stereocenters. The molecule has 0 aliphatic heterocycles. The topological polar surface area (TPSA) is 139 Å². The van der Waals surface area contributed by atoms with Crippen LogP contribution in [0.1, 0.15) is 30.9 Å². The number of carbonyl (C=O) groups excluding carboxylic acids is 1. The van der Waals surface area contributed by atoms with Crippen molar-refractivity contribution in [1.82, 2.24) is 4.72 Å². The smallest absolute Gasteiger partial charge is 0.378 e. The third-order valence-corrected chi connectivity index (χ3v) is 7.18. The Morgan fingerprint density at radius 3 is 2.26 bits per heavy atom. The number of carbonyl (C=O) groups is 2. The summed E-state index contributed by atoms with van der Waals surface area (Å²) in [5.74, 6) is -2.75. The molecule has 0 saturated heterocycles. The van der Waals surface area contributed by atoms with Gasteiger partial charge in [0.1, 0.15) is 11.8 Å². The average Bonchev–Trinajstić information content (AvgIpc) is 2.90. The van der Waals surface area contributed by atoms with E-state index in [9.17, 15) is 22.4 Å². The first-order chi connectivity index (χ1) is 18.6. The average molecular weight is 558 g/mol. The van der Waals surface area contributed by atoms with Crippen LogP contribution in [0.3, 0.4) is 0 Å². The lowest BCUT2D eigenvalue weighted by Crippen LogP contribution is -2.50. The zero-order chi connectivity index (χ0) is 28.4. The highest BCUT2D eigenvalue weighted by molar-refractivity contribution is 7.88. The van der Waals surface area contributed by atoms with Gasteiger partial charge in [0, 0.05) is 12.2 Å². The van der Waals surface area contributed by atoms with Crippen LogP contribution >= 0.6 is 0 Å². The summed E-state index contributed by atoms with van der Waals surface area (Å²) in [6, 6.07) is 20.6. The molecule has 0 fully saturated rings. The number of para-hydroxylation sites is 1. The second-order valence-corrected chi connectivity index (χ2v) is 10.7. The SMILES string of the molecule is CCCCN(C(=O)C(Cc1ccc(OC(F)C(=O)O)c(N)c1)NS(=O)(=O)Cc1ccccc1)c1ccccc1. The van der Waals surface area contributed by atoms with Gasteiger partial charge in [-0.25, -0.2) is 17.9 Å². The Balaban J connectivity index is 1.92. The van der Waals surface area contributed by atoms with Gasteiger partial charge in [-0.3, -0.25) is 4.79 Å². The Morgan fingerprint density at radius 2 is 1.67 bits per heavy atom. The fourth-order valence-electron chi connectivity index (χ4n) is 3.94. The molecule has 39 heavy (non-hydrogen) atoms. The van der Waals surface area contributed by atoms with Crippen LogP contribution in [0.2, 0.25) is 0 Å². The summed E-state index contributed by atoms with van der Waals surface area (Å²) in [5.41, 5.74) is 7.56. The van der Waals surface area contributed by atoms with Crippen molar-refractivity contribution >= 4 is 33.3 Å². The van der Waals surface area contributed by atoms with Crippen LogP contribution in [0.4, 0.5) is 15.8 Å². The van der Waals surface area contributed by atoms with Gasteiger partial charge in [0.05, 0.1) is 11.4 Å². The van der Waals surface area contributed by atoms with Crippen molar-refractivity contribution in [1.29, 1.82) is 0 Å². The number of ether oxygens (including phenoxy) is 1. The summed E-state index contributed by atoms with van der Waals surface area (Å²) in [7, 11) is -3.95. The molecular formula is C28H32FN3O6S. The first-order valence-electron chi connectivity index (χ1n) is 12.4. The summed E-state index contributed by atoms with van der Waals surface area (Å²) < 4.78 is 47.1. The molecule has 0 heterocycles. The number of alkyl halides is 1. The monoisotopic (exact) mass is 557 g/mol. The summed E-state index contributed by atoms with van der Waals surface area (Å²) in [6.07, 6.45) is -1.14. The minimum absolute atomic E-state index is 0.0550. The fraction of sp³-hybridized carbons (Fsp3) is 0.286. The van der Waals surface area contributed by atoms with E-state index in [4.69, 9.17) is 15.6 Å². The summed E-state index contributed by atoms with van der Waals surface area (Å²) in [6.45, 7) is 2.38. The standard InChI is InChI=1S/C28H32FN3O6S/c1-2-3-16-32(22-12-8-5-9-13-22)27(33)24(31-39(36,37)19-20-10-6-4-7-11-20)18-21-14-15-25(23(30)17-21)38-26(29)28(34)35/h4-15,17,24,26,31H,2-3,16,18-19,30H2,1H3,(H,34,35). The van der Waals surface area contributed by atoms with E-state index in [-0.39, 0.29) is 23.6 Å². The first kappa shape index (κ1) is 29.6. The number of rotatable bonds is 14. The lowest BCUT2D eigenvalue weighted by Gasteiger charge is -2.28. The van der Waals surface area contributed by atoms with Crippen LogP contribution in [0.5, 0.6) is 5.75 Å². The van der Waals surface area contributed by atoms with Crippen LogP contribution in [-0.2, 0) is 31.8 Å². The summed E-state index contributed by atoms with van der Waals surface area (Å²) >= 11 is 0. The third kappa shape index (κ3) is 8.79. The minimum Gasteiger partial charge on any atom is -0.476 e. The molecule has 4 N–H and O–H groups in total. The number of nitrogen functional groups attached to an aromatic ring is 1.